The minimum Gasteiger partial charge on any atom is -0.489 e. The predicted octanol–water partition coefficient (Wildman–Crippen LogP) is 4.72. The van der Waals surface area contributed by atoms with E-state index >= 15 is 0 Å². The Morgan fingerprint density at radius 3 is 2.62 bits per heavy atom. The Hall–Kier alpha value is -2.35. The first-order valence-corrected chi connectivity index (χ1v) is 7.12. The van der Waals surface area contributed by atoms with Crippen LogP contribution in [0.4, 0.5) is 0 Å². The summed E-state index contributed by atoms with van der Waals surface area (Å²) in [4.78, 5) is 12.0. The molecule has 0 fully saturated rings. The van der Waals surface area contributed by atoms with Crippen molar-refractivity contribution in [1.82, 2.24) is 0 Å². The van der Waals surface area contributed by atoms with Crippen molar-refractivity contribution in [3.05, 3.63) is 77.9 Å². The van der Waals surface area contributed by atoms with E-state index in [1.165, 1.54) is 0 Å². The maximum atomic E-state index is 12.0. The second kappa shape index (κ2) is 7.44. The van der Waals surface area contributed by atoms with Gasteiger partial charge in [-0.2, -0.15) is 0 Å². The molecular weight excluding hydrogens is 260 g/mol. The van der Waals surface area contributed by atoms with Gasteiger partial charge in [0.25, 0.3) is 0 Å². The first kappa shape index (κ1) is 15.0. The van der Waals surface area contributed by atoms with Gasteiger partial charge in [0.05, 0.1) is 0 Å². The number of allylic oxidation sites excluding steroid dienone is 1. The molecule has 0 spiro atoms. The van der Waals surface area contributed by atoms with E-state index in [2.05, 4.69) is 6.58 Å². The lowest BCUT2D eigenvalue weighted by molar-refractivity contribution is 0.0983. The summed E-state index contributed by atoms with van der Waals surface area (Å²) in [5.41, 5.74) is 2.85. The van der Waals surface area contributed by atoms with Crippen LogP contribution in [-0.2, 0) is 6.61 Å². The molecule has 0 amide bonds. The zero-order chi connectivity index (χ0) is 15.1. The summed E-state index contributed by atoms with van der Waals surface area (Å²) in [6.07, 6.45) is 2.99. The molecule has 0 aliphatic rings. The normalized spacial score (nSPS) is 10.1. The molecule has 0 N–H and O–H groups in total. The molecule has 108 valence electrons. The fourth-order valence-electron chi connectivity index (χ4n) is 2.15. The first-order chi connectivity index (χ1) is 10.2. The average Bonchev–Trinajstić information content (AvgIpc) is 2.51. The highest BCUT2D eigenvalue weighted by Crippen LogP contribution is 2.20. The zero-order valence-corrected chi connectivity index (χ0v) is 12.3. The van der Waals surface area contributed by atoms with Crippen molar-refractivity contribution in [1.29, 1.82) is 0 Å². The third-order valence-corrected chi connectivity index (χ3v) is 3.32. The van der Waals surface area contributed by atoms with E-state index in [0.29, 0.717) is 19.4 Å². The molecule has 2 heteroatoms. The molecule has 2 aromatic carbocycles. The third kappa shape index (κ3) is 4.32. The Balaban J connectivity index is 2.01. The SMILES string of the molecule is C=CCCC(=O)c1ccc(OCc2ccccc2)cc1C. The van der Waals surface area contributed by atoms with Crippen LogP contribution >= 0.6 is 0 Å². The van der Waals surface area contributed by atoms with Gasteiger partial charge in [0.1, 0.15) is 12.4 Å². The minimum absolute atomic E-state index is 0.155. The van der Waals surface area contributed by atoms with Crippen LogP contribution in [0.2, 0.25) is 0 Å². The monoisotopic (exact) mass is 280 g/mol. The second-order valence-electron chi connectivity index (χ2n) is 5.00. The van der Waals surface area contributed by atoms with Crippen molar-refractivity contribution in [2.45, 2.75) is 26.4 Å². The lowest BCUT2D eigenvalue weighted by Gasteiger charge is -2.09. The Labute approximate surface area is 126 Å². The topological polar surface area (TPSA) is 26.3 Å². The molecule has 0 atom stereocenters. The zero-order valence-electron chi connectivity index (χ0n) is 12.3. The lowest BCUT2D eigenvalue weighted by atomic mass is 10.0. The quantitative estimate of drug-likeness (QED) is 0.541. The minimum atomic E-state index is 0.155. The van der Waals surface area contributed by atoms with Gasteiger partial charge < -0.3 is 4.74 Å². The van der Waals surface area contributed by atoms with E-state index in [-0.39, 0.29) is 5.78 Å². The van der Waals surface area contributed by atoms with Crippen molar-refractivity contribution in [2.75, 3.05) is 0 Å². The largest absolute Gasteiger partial charge is 0.489 e. The van der Waals surface area contributed by atoms with Crippen LogP contribution < -0.4 is 4.74 Å². The van der Waals surface area contributed by atoms with E-state index in [0.717, 1.165) is 22.4 Å². The summed E-state index contributed by atoms with van der Waals surface area (Å²) in [5, 5.41) is 0. The molecule has 2 nitrogen and oxygen atoms in total. The van der Waals surface area contributed by atoms with Crippen LogP contribution in [0, 0.1) is 6.92 Å². The number of ether oxygens (including phenoxy) is 1. The molecule has 0 heterocycles. The van der Waals surface area contributed by atoms with Crippen molar-refractivity contribution in [2.24, 2.45) is 0 Å². The van der Waals surface area contributed by atoms with Crippen LogP contribution in [0.15, 0.2) is 61.2 Å². The van der Waals surface area contributed by atoms with Gasteiger partial charge in [0.2, 0.25) is 0 Å². The van der Waals surface area contributed by atoms with Crippen LogP contribution in [0.5, 0.6) is 5.75 Å². The highest BCUT2D eigenvalue weighted by atomic mass is 16.5. The van der Waals surface area contributed by atoms with Gasteiger partial charge in [-0.1, -0.05) is 36.4 Å². The van der Waals surface area contributed by atoms with Crippen molar-refractivity contribution in [3.8, 4) is 5.75 Å². The number of ketones is 1. The number of Topliss-reactive ketones (excluding diaryl/α,β-unsaturated/α-hetero) is 1. The average molecular weight is 280 g/mol. The van der Waals surface area contributed by atoms with E-state index < -0.39 is 0 Å². The van der Waals surface area contributed by atoms with Gasteiger partial charge in [-0.15, -0.1) is 6.58 Å². The molecule has 0 radical (unpaired) electrons. The first-order valence-electron chi connectivity index (χ1n) is 7.12. The predicted molar refractivity (Wildman–Crippen MR) is 85.7 cm³/mol. The number of hydrogen-bond donors (Lipinski definition) is 0. The Bertz CT molecular complexity index is 615. The fourth-order valence-corrected chi connectivity index (χ4v) is 2.15. The molecule has 0 saturated heterocycles. The second-order valence-corrected chi connectivity index (χ2v) is 5.00. The summed E-state index contributed by atoms with van der Waals surface area (Å²) in [6, 6.07) is 15.6. The summed E-state index contributed by atoms with van der Waals surface area (Å²) in [6.45, 7) is 6.12. The van der Waals surface area contributed by atoms with Gasteiger partial charge in [-0.25, -0.2) is 0 Å². The Kier molecular flexibility index (Phi) is 5.33. The molecule has 0 bridgehead atoms. The fraction of sp³-hybridized carbons (Fsp3) is 0.211. The smallest absolute Gasteiger partial charge is 0.163 e. The van der Waals surface area contributed by atoms with Gasteiger partial charge in [0.15, 0.2) is 5.78 Å². The third-order valence-electron chi connectivity index (χ3n) is 3.32. The number of benzene rings is 2. The van der Waals surface area contributed by atoms with E-state index in [1.54, 1.807) is 6.08 Å². The molecule has 0 unspecified atom stereocenters. The molecule has 2 aromatic rings. The van der Waals surface area contributed by atoms with Crippen LogP contribution in [0.1, 0.15) is 34.3 Å². The summed E-state index contributed by atoms with van der Waals surface area (Å²) >= 11 is 0. The molecule has 21 heavy (non-hydrogen) atoms. The molecule has 0 aliphatic carbocycles. The van der Waals surface area contributed by atoms with Gasteiger partial charge in [-0.05, 0) is 42.7 Å². The van der Waals surface area contributed by atoms with Crippen molar-refractivity contribution >= 4 is 5.78 Å². The maximum Gasteiger partial charge on any atom is 0.163 e. The summed E-state index contributed by atoms with van der Waals surface area (Å²) < 4.78 is 5.76. The van der Waals surface area contributed by atoms with E-state index in [4.69, 9.17) is 4.74 Å². The molecule has 2 rings (SSSR count). The number of carbonyl (C=O) groups is 1. The standard InChI is InChI=1S/C19H20O2/c1-3-4-10-19(20)18-12-11-17(13-15(18)2)21-14-16-8-6-5-7-9-16/h3,5-9,11-13H,1,4,10,14H2,2H3. The Morgan fingerprint density at radius 1 is 1.19 bits per heavy atom. The number of carbonyl (C=O) groups excluding carboxylic acids is 1. The highest BCUT2D eigenvalue weighted by molar-refractivity contribution is 5.97. The molecule has 0 saturated carbocycles. The van der Waals surface area contributed by atoms with Crippen molar-refractivity contribution in [3.63, 3.8) is 0 Å². The van der Waals surface area contributed by atoms with Crippen molar-refractivity contribution < 1.29 is 9.53 Å². The molecule has 0 aliphatic heterocycles. The van der Waals surface area contributed by atoms with Crippen LogP contribution in [0.3, 0.4) is 0 Å². The van der Waals surface area contributed by atoms with E-state index in [1.807, 2.05) is 55.5 Å². The van der Waals surface area contributed by atoms with Crippen LogP contribution in [-0.4, -0.2) is 5.78 Å². The van der Waals surface area contributed by atoms with Gasteiger partial charge >= 0.3 is 0 Å². The highest BCUT2D eigenvalue weighted by Gasteiger charge is 2.09. The summed E-state index contributed by atoms with van der Waals surface area (Å²) in [5.74, 6) is 0.943. The number of hydrogen-bond acceptors (Lipinski definition) is 2. The van der Waals surface area contributed by atoms with E-state index in [9.17, 15) is 4.79 Å². The number of rotatable bonds is 7. The van der Waals surface area contributed by atoms with Crippen LogP contribution in [0.25, 0.3) is 0 Å². The van der Waals surface area contributed by atoms with Gasteiger partial charge in [0, 0.05) is 12.0 Å². The van der Waals surface area contributed by atoms with Gasteiger partial charge in [-0.3, -0.25) is 4.79 Å². The Morgan fingerprint density at radius 2 is 1.95 bits per heavy atom. The summed E-state index contributed by atoms with van der Waals surface area (Å²) in [7, 11) is 0. The maximum absolute atomic E-state index is 12.0. The lowest BCUT2D eigenvalue weighted by Crippen LogP contribution is -2.02. The number of aryl methyl sites for hydroxylation is 1. The molecule has 0 aromatic heterocycles. The molecular formula is C19H20O2.